The molecule has 1 saturated heterocycles. The van der Waals surface area contributed by atoms with Crippen LogP contribution in [0.5, 0.6) is 0 Å². The van der Waals surface area contributed by atoms with E-state index in [1.807, 2.05) is 4.90 Å². The number of halogens is 1. The maximum Gasteiger partial charge on any atom is 0.255 e. The minimum Gasteiger partial charge on any atom is -0.338 e. The molecule has 2 amide bonds. The summed E-state index contributed by atoms with van der Waals surface area (Å²) in [5.74, 6) is 2.03. The molecule has 1 heterocycles. The van der Waals surface area contributed by atoms with Gasteiger partial charge in [-0.15, -0.1) is 0 Å². The highest BCUT2D eigenvalue weighted by atomic mass is 35.5. The number of hydrogen-bond acceptors (Lipinski definition) is 2. The first-order valence-electron chi connectivity index (χ1n) is 11.0. The fourth-order valence-corrected chi connectivity index (χ4v) is 5.67. The number of carbonyl (C=O) groups is 2. The summed E-state index contributed by atoms with van der Waals surface area (Å²) in [6.07, 6.45) is 11.7. The average Bonchev–Trinajstić information content (AvgIpc) is 3.20. The van der Waals surface area contributed by atoms with Crippen LogP contribution in [0.4, 0.5) is 5.69 Å². The molecule has 1 aliphatic heterocycles. The fourth-order valence-electron chi connectivity index (χ4n) is 5.41. The van der Waals surface area contributed by atoms with Crippen molar-refractivity contribution >= 4 is 29.1 Å². The third kappa shape index (κ3) is 4.53. The Labute approximate surface area is 173 Å². The number of nitrogens with one attached hydrogen (secondary N) is 1. The zero-order valence-electron chi connectivity index (χ0n) is 16.6. The maximum atomic E-state index is 13.0. The van der Waals surface area contributed by atoms with Crippen molar-refractivity contribution in [3.8, 4) is 0 Å². The molecule has 152 valence electrons. The number of amides is 2. The highest BCUT2D eigenvalue weighted by Gasteiger charge is 2.33. The van der Waals surface area contributed by atoms with Crippen molar-refractivity contribution in [3.63, 3.8) is 0 Å². The summed E-state index contributed by atoms with van der Waals surface area (Å²) in [6, 6.07) is 5.29. The molecular formula is C23H31ClN2O2. The molecule has 2 atom stereocenters. The Bertz CT molecular complexity index is 729. The zero-order chi connectivity index (χ0) is 19.5. The number of rotatable bonds is 4. The second-order valence-corrected chi connectivity index (χ2v) is 9.35. The first-order chi connectivity index (χ1) is 13.6. The van der Waals surface area contributed by atoms with Gasteiger partial charge in [-0.05, 0) is 61.6 Å². The van der Waals surface area contributed by atoms with Gasteiger partial charge in [-0.2, -0.15) is 0 Å². The van der Waals surface area contributed by atoms with E-state index in [-0.39, 0.29) is 11.8 Å². The van der Waals surface area contributed by atoms with Crippen molar-refractivity contribution in [3.05, 3.63) is 28.8 Å². The minimum absolute atomic E-state index is 0.0258. The number of fused-ring (bicyclic) bond motifs is 1. The summed E-state index contributed by atoms with van der Waals surface area (Å²) in [5.41, 5.74) is 1.22. The summed E-state index contributed by atoms with van der Waals surface area (Å²) in [5, 5.41) is 3.37. The van der Waals surface area contributed by atoms with E-state index in [4.69, 9.17) is 11.6 Å². The molecule has 4 nitrogen and oxygen atoms in total. The van der Waals surface area contributed by atoms with Crippen LogP contribution < -0.4 is 5.32 Å². The van der Waals surface area contributed by atoms with Gasteiger partial charge >= 0.3 is 0 Å². The number of likely N-dealkylation sites (tertiary alicyclic amines) is 1. The van der Waals surface area contributed by atoms with Crippen LogP contribution in [0.2, 0.25) is 5.02 Å². The molecule has 0 unspecified atom stereocenters. The Morgan fingerprint density at radius 1 is 1.00 bits per heavy atom. The number of hydrogen-bond donors (Lipinski definition) is 1. The van der Waals surface area contributed by atoms with E-state index in [1.54, 1.807) is 18.2 Å². The van der Waals surface area contributed by atoms with Crippen LogP contribution in [0.3, 0.4) is 0 Å². The summed E-state index contributed by atoms with van der Waals surface area (Å²) < 4.78 is 0. The molecule has 28 heavy (non-hydrogen) atoms. The lowest BCUT2D eigenvalue weighted by atomic mass is 9.75. The van der Waals surface area contributed by atoms with Crippen LogP contribution in [0, 0.1) is 17.8 Å². The summed E-state index contributed by atoms with van der Waals surface area (Å²) in [7, 11) is 0. The number of benzene rings is 1. The van der Waals surface area contributed by atoms with Crippen LogP contribution in [-0.2, 0) is 4.79 Å². The SMILES string of the molecule is O=C(CC1CCCC1)Nc1ccc(C(=O)N2CC[C@H]3CCCC[C@H]3C2)c(Cl)c1. The van der Waals surface area contributed by atoms with Gasteiger partial charge in [0.1, 0.15) is 0 Å². The van der Waals surface area contributed by atoms with Crippen LogP contribution >= 0.6 is 11.6 Å². The molecule has 3 fully saturated rings. The van der Waals surface area contributed by atoms with E-state index >= 15 is 0 Å². The van der Waals surface area contributed by atoms with E-state index in [2.05, 4.69) is 5.32 Å². The molecule has 0 radical (unpaired) electrons. The molecular weight excluding hydrogens is 372 g/mol. The van der Waals surface area contributed by atoms with Gasteiger partial charge in [0.2, 0.25) is 5.91 Å². The highest BCUT2D eigenvalue weighted by molar-refractivity contribution is 6.34. The fraction of sp³-hybridized carbons (Fsp3) is 0.652. The Hall–Kier alpha value is -1.55. The van der Waals surface area contributed by atoms with Gasteiger partial charge in [-0.25, -0.2) is 0 Å². The Morgan fingerprint density at radius 2 is 1.71 bits per heavy atom. The van der Waals surface area contributed by atoms with E-state index in [9.17, 15) is 9.59 Å². The van der Waals surface area contributed by atoms with E-state index in [1.165, 1.54) is 38.5 Å². The van der Waals surface area contributed by atoms with Gasteiger partial charge in [-0.3, -0.25) is 9.59 Å². The quantitative estimate of drug-likeness (QED) is 0.721. The molecule has 1 aromatic rings. The molecule has 0 aromatic heterocycles. The van der Waals surface area contributed by atoms with Crippen LogP contribution in [0.25, 0.3) is 0 Å². The standard InChI is InChI=1S/C23H31ClN2O2/c24-21-14-19(25-22(27)13-16-5-1-2-6-16)9-10-20(21)23(28)26-12-11-17-7-3-4-8-18(17)15-26/h9-10,14,16-18H,1-8,11-13,15H2,(H,25,27)/t17-,18+/m1/s1. The van der Waals surface area contributed by atoms with Crippen molar-refractivity contribution in [1.29, 1.82) is 0 Å². The lowest BCUT2D eigenvalue weighted by Gasteiger charge is -2.41. The molecule has 2 saturated carbocycles. The third-order valence-corrected chi connectivity index (χ3v) is 7.32. The highest BCUT2D eigenvalue weighted by Crippen LogP contribution is 2.37. The van der Waals surface area contributed by atoms with E-state index < -0.39 is 0 Å². The molecule has 0 bridgehead atoms. The normalized spacial score (nSPS) is 25.4. The largest absolute Gasteiger partial charge is 0.338 e. The second-order valence-electron chi connectivity index (χ2n) is 8.94. The number of carbonyl (C=O) groups excluding carboxylic acids is 2. The molecule has 4 rings (SSSR count). The topological polar surface area (TPSA) is 49.4 Å². The van der Waals surface area contributed by atoms with Crippen molar-refractivity contribution in [2.45, 2.75) is 64.2 Å². The van der Waals surface area contributed by atoms with Crippen molar-refractivity contribution < 1.29 is 9.59 Å². The Balaban J connectivity index is 1.37. The van der Waals surface area contributed by atoms with Crippen LogP contribution in [0.15, 0.2) is 18.2 Å². The predicted molar refractivity (Wildman–Crippen MR) is 113 cm³/mol. The monoisotopic (exact) mass is 402 g/mol. The Morgan fingerprint density at radius 3 is 2.46 bits per heavy atom. The average molecular weight is 403 g/mol. The van der Waals surface area contributed by atoms with Crippen molar-refractivity contribution in [2.75, 3.05) is 18.4 Å². The van der Waals surface area contributed by atoms with Gasteiger partial charge in [0.05, 0.1) is 10.6 Å². The van der Waals surface area contributed by atoms with E-state index in [0.717, 1.165) is 38.3 Å². The molecule has 2 aliphatic carbocycles. The predicted octanol–water partition coefficient (Wildman–Crippen LogP) is 5.51. The summed E-state index contributed by atoms with van der Waals surface area (Å²) >= 11 is 6.44. The number of nitrogens with zero attached hydrogens (tertiary/aromatic N) is 1. The van der Waals surface area contributed by atoms with Crippen molar-refractivity contribution in [1.82, 2.24) is 4.90 Å². The van der Waals surface area contributed by atoms with Gasteiger partial charge in [-0.1, -0.05) is 43.7 Å². The second kappa shape index (κ2) is 8.86. The molecule has 1 aromatic carbocycles. The first kappa shape index (κ1) is 19.8. The molecule has 0 spiro atoms. The number of piperidine rings is 1. The maximum absolute atomic E-state index is 13.0. The summed E-state index contributed by atoms with van der Waals surface area (Å²) in [4.78, 5) is 27.2. The van der Waals surface area contributed by atoms with Crippen LogP contribution in [0.1, 0.15) is 74.6 Å². The molecule has 3 aliphatic rings. The van der Waals surface area contributed by atoms with Gasteiger partial charge in [0.15, 0.2) is 0 Å². The third-order valence-electron chi connectivity index (χ3n) is 7.01. The number of anilines is 1. The van der Waals surface area contributed by atoms with Crippen molar-refractivity contribution in [2.24, 2.45) is 17.8 Å². The lowest BCUT2D eigenvalue weighted by Crippen LogP contribution is -2.44. The van der Waals surface area contributed by atoms with Crippen LogP contribution in [-0.4, -0.2) is 29.8 Å². The lowest BCUT2D eigenvalue weighted by molar-refractivity contribution is -0.117. The zero-order valence-corrected chi connectivity index (χ0v) is 17.3. The van der Waals surface area contributed by atoms with Gasteiger partial charge in [0, 0.05) is 25.2 Å². The molecule has 1 N–H and O–H groups in total. The summed E-state index contributed by atoms with van der Waals surface area (Å²) in [6.45, 7) is 1.69. The smallest absolute Gasteiger partial charge is 0.255 e. The van der Waals surface area contributed by atoms with E-state index in [0.29, 0.717) is 34.5 Å². The first-order valence-corrected chi connectivity index (χ1v) is 11.4. The van der Waals surface area contributed by atoms with Gasteiger partial charge in [0.25, 0.3) is 5.91 Å². The Kier molecular flexibility index (Phi) is 6.25. The minimum atomic E-state index is 0.0258. The molecule has 5 heteroatoms. The van der Waals surface area contributed by atoms with Gasteiger partial charge < -0.3 is 10.2 Å².